The van der Waals surface area contributed by atoms with Crippen LogP contribution in [0.1, 0.15) is 15.4 Å². The lowest BCUT2D eigenvalue weighted by atomic mass is 10.2. The quantitative estimate of drug-likeness (QED) is 0.855. The number of alkyl halides is 1. The number of fused-ring (bicyclic) bond motifs is 1. The number of carbonyl (C=O) groups is 1. The third kappa shape index (κ3) is 1.65. The molecule has 1 N–H and O–H groups in total. The average Bonchev–Trinajstić information content (AvgIpc) is 2.58. The lowest BCUT2D eigenvalue weighted by molar-refractivity contribution is 0.0697. The third-order valence-corrected chi connectivity index (χ3v) is 3.73. The van der Waals surface area contributed by atoms with Gasteiger partial charge in [-0.15, -0.1) is 11.3 Å². The Morgan fingerprint density at radius 3 is 3.00 bits per heavy atom. The normalized spacial score (nSPS) is 10.6. The summed E-state index contributed by atoms with van der Waals surface area (Å²) in [6, 6.07) is 4.99. The van der Waals surface area contributed by atoms with Crippen LogP contribution in [0.3, 0.4) is 0 Å². The molecule has 5 heteroatoms. The summed E-state index contributed by atoms with van der Waals surface area (Å²) in [7, 11) is 0. The van der Waals surface area contributed by atoms with E-state index in [2.05, 4.69) is 20.9 Å². The summed E-state index contributed by atoms with van der Waals surface area (Å²) >= 11 is 4.88. The highest BCUT2D eigenvalue weighted by molar-refractivity contribution is 9.08. The zero-order valence-corrected chi connectivity index (χ0v) is 9.43. The Morgan fingerprint density at radius 1 is 1.57 bits per heavy atom. The van der Waals surface area contributed by atoms with Crippen molar-refractivity contribution in [3.05, 3.63) is 28.8 Å². The van der Waals surface area contributed by atoms with Crippen LogP contribution in [0.25, 0.3) is 10.2 Å². The monoisotopic (exact) mass is 271 g/mol. The van der Waals surface area contributed by atoms with Gasteiger partial charge < -0.3 is 5.11 Å². The molecular formula is C9H6BrNO2S. The standard InChI is InChI=1S/C9H6BrNO2S/c10-4-8-11-6-3-5(9(12)13)1-2-7(6)14-8/h1-3H,4H2,(H,12,13). The first-order valence-electron chi connectivity index (χ1n) is 3.89. The molecule has 14 heavy (non-hydrogen) atoms. The zero-order chi connectivity index (χ0) is 10.1. The predicted octanol–water partition coefficient (Wildman–Crippen LogP) is 2.89. The van der Waals surface area contributed by atoms with Crippen molar-refractivity contribution >= 4 is 43.5 Å². The van der Waals surface area contributed by atoms with Crippen LogP contribution in [-0.4, -0.2) is 16.1 Å². The summed E-state index contributed by atoms with van der Waals surface area (Å²) in [5.41, 5.74) is 1.04. The van der Waals surface area contributed by atoms with Gasteiger partial charge in [0.15, 0.2) is 0 Å². The van der Waals surface area contributed by atoms with E-state index in [4.69, 9.17) is 5.11 Å². The molecule has 72 valence electrons. The molecule has 3 nitrogen and oxygen atoms in total. The fourth-order valence-electron chi connectivity index (χ4n) is 1.17. The minimum Gasteiger partial charge on any atom is -0.478 e. The molecule has 0 saturated heterocycles. The largest absolute Gasteiger partial charge is 0.478 e. The van der Waals surface area contributed by atoms with Crippen molar-refractivity contribution in [2.45, 2.75) is 5.33 Å². The van der Waals surface area contributed by atoms with Crippen molar-refractivity contribution < 1.29 is 9.90 Å². The van der Waals surface area contributed by atoms with Gasteiger partial charge in [0.1, 0.15) is 5.01 Å². The summed E-state index contributed by atoms with van der Waals surface area (Å²) in [6.07, 6.45) is 0. The second kappa shape index (κ2) is 3.67. The highest BCUT2D eigenvalue weighted by atomic mass is 79.9. The van der Waals surface area contributed by atoms with Gasteiger partial charge in [-0.05, 0) is 18.2 Å². The maximum absolute atomic E-state index is 10.7. The Morgan fingerprint density at radius 2 is 2.36 bits per heavy atom. The third-order valence-electron chi connectivity index (χ3n) is 1.79. The molecule has 0 fully saturated rings. The number of hydrogen-bond acceptors (Lipinski definition) is 3. The van der Waals surface area contributed by atoms with E-state index >= 15 is 0 Å². The van der Waals surface area contributed by atoms with Crippen molar-refractivity contribution in [1.29, 1.82) is 0 Å². The van der Waals surface area contributed by atoms with Crippen LogP contribution in [-0.2, 0) is 5.33 Å². The lowest BCUT2D eigenvalue weighted by Crippen LogP contribution is -1.94. The molecular weight excluding hydrogens is 266 g/mol. The molecule has 0 amide bonds. The summed E-state index contributed by atoms with van der Waals surface area (Å²) in [6.45, 7) is 0. The van der Waals surface area contributed by atoms with Crippen molar-refractivity contribution in [2.24, 2.45) is 0 Å². The molecule has 0 unspecified atom stereocenters. The molecule has 0 aliphatic carbocycles. The Kier molecular flexibility index (Phi) is 2.52. The maximum atomic E-state index is 10.7. The minimum absolute atomic E-state index is 0.281. The molecule has 0 bridgehead atoms. The Balaban J connectivity index is 2.59. The zero-order valence-electron chi connectivity index (χ0n) is 7.03. The Bertz CT molecular complexity index is 495. The van der Waals surface area contributed by atoms with Gasteiger partial charge in [0, 0.05) is 0 Å². The Labute approximate surface area is 92.5 Å². The predicted molar refractivity (Wildman–Crippen MR) is 59.2 cm³/mol. The summed E-state index contributed by atoms with van der Waals surface area (Å²) in [4.78, 5) is 15.0. The summed E-state index contributed by atoms with van der Waals surface area (Å²) in [5, 5.41) is 10.4. The second-order valence-electron chi connectivity index (χ2n) is 2.73. The van der Waals surface area contributed by atoms with Crippen LogP contribution in [0.15, 0.2) is 18.2 Å². The van der Waals surface area contributed by atoms with Crippen LogP contribution in [0, 0.1) is 0 Å². The van der Waals surface area contributed by atoms with Crippen LogP contribution in [0.4, 0.5) is 0 Å². The summed E-state index contributed by atoms with van der Waals surface area (Å²) in [5.74, 6) is -0.916. The number of benzene rings is 1. The number of thiazole rings is 1. The topological polar surface area (TPSA) is 50.2 Å². The van der Waals surface area contributed by atoms with Gasteiger partial charge in [-0.1, -0.05) is 15.9 Å². The van der Waals surface area contributed by atoms with E-state index in [0.717, 1.165) is 15.2 Å². The molecule has 1 aromatic carbocycles. The lowest BCUT2D eigenvalue weighted by Gasteiger charge is -1.91. The molecule has 0 aliphatic rings. The number of rotatable bonds is 2. The van der Waals surface area contributed by atoms with Crippen LogP contribution in [0.2, 0.25) is 0 Å². The number of aromatic nitrogens is 1. The van der Waals surface area contributed by atoms with Crippen molar-refractivity contribution in [3.8, 4) is 0 Å². The molecule has 0 spiro atoms. The smallest absolute Gasteiger partial charge is 0.335 e. The molecule has 2 aromatic rings. The number of nitrogens with zero attached hydrogens (tertiary/aromatic N) is 1. The molecule has 2 rings (SSSR count). The highest BCUT2D eigenvalue weighted by Crippen LogP contribution is 2.24. The molecule has 0 saturated carbocycles. The molecule has 0 radical (unpaired) electrons. The first kappa shape index (κ1) is 9.61. The van der Waals surface area contributed by atoms with Crippen LogP contribution < -0.4 is 0 Å². The van der Waals surface area contributed by atoms with E-state index in [1.807, 2.05) is 0 Å². The SMILES string of the molecule is O=C(O)c1ccc2sc(CBr)nc2c1. The van der Waals surface area contributed by atoms with Gasteiger partial charge in [-0.25, -0.2) is 9.78 Å². The summed E-state index contributed by atoms with van der Waals surface area (Å²) < 4.78 is 1.02. The molecule has 1 heterocycles. The van der Waals surface area contributed by atoms with Gasteiger partial charge in [-0.2, -0.15) is 0 Å². The van der Waals surface area contributed by atoms with E-state index in [1.54, 1.807) is 29.5 Å². The number of halogens is 1. The fourth-order valence-corrected chi connectivity index (χ4v) is 2.43. The maximum Gasteiger partial charge on any atom is 0.335 e. The second-order valence-corrected chi connectivity index (χ2v) is 4.40. The van der Waals surface area contributed by atoms with E-state index < -0.39 is 5.97 Å². The van der Waals surface area contributed by atoms with Crippen molar-refractivity contribution in [3.63, 3.8) is 0 Å². The van der Waals surface area contributed by atoms with Gasteiger partial charge in [0.2, 0.25) is 0 Å². The molecule has 0 aliphatic heterocycles. The minimum atomic E-state index is -0.916. The van der Waals surface area contributed by atoms with E-state index in [9.17, 15) is 4.79 Å². The number of carboxylic acid groups (broad SMARTS) is 1. The van der Waals surface area contributed by atoms with Gasteiger partial charge in [-0.3, -0.25) is 0 Å². The molecule has 1 aromatic heterocycles. The highest BCUT2D eigenvalue weighted by Gasteiger charge is 2.07. The fraction of sp³-hybridized carbons (Fsp3) is 0.111. The Hall–Kier alpha value is -0.940. The van der Waals surface area contributed by atoms with Crippen molar-refractivity contribution in [2.75, 3.05) is 0 Å². The first-order valence-corrected chi connectivity index (χ1v) is 5.83. The number of aromatic carboxylic acids is 1. The van der Waals surface area contributed by atoms with Crippen LogP contribution >= 0.6 is 27.3 Å². The van der Waals surface area contributed by atoms with Crippen LogP contribution in [0.5, 0.6) is 0 Å². The average molecular weight is 272 g/mol. The van der Waals surface area contributed by atoms with Gasteiger partial charge in [0.25, 0.3) is 0 Å². The van der Waals surface area contributed by atoms with E-state index in [0.29, 0.717) is 5.33 Å². The van der Waals surface area contributed by atoms with Gasteiger partial charge in [0.05, 0.1) is 21.1 Å². The first-order chi connectivity index (χ1) is 6.70. The van der Waals surface area contributed by atoms with Gasteiger partial charge >= 0.3 is 5.97 Å². The number of hydrogen-bond donors (Lipinski definition) is 1. The number of carboxylic acids is 1. The van der Waals surface area contributed by atoms with E-state index in [1.165, 1.54) is 0 Å². The van der Waals surface area contributed by atoms with E-state index in [-0.39, 0.29) is 5.56 Å². The van der Waals surface area contributed by atoms with Crippen molar-refractivity contribution in [1.82, 2.24) is 4.98 Å². The molecule has 0 atom stereocenters.